The van der Waals surface area contributed by atoms with E-state index in [0.717, 1.165) is 11.8 Å². The van der Waals surface area contributed by atoms with Crippen LogP contribution in [0, 0.1) is 22.7 Å². The highest BCUT2D eigenvalue weighted by Crippen LogP contribution is 2.31. The Labute approximate surface area is 133 Å². The van der Waals surface area contributed by atoms with Crippen LogP contribution in [-0.2, 0) is 0 Å². The Morgan fingerprint density at radius 2 is 1.33 bits per heavy atom. The van der Waals surface area contributed by atoms with E-state index in [2.05, 4.69) is 51.3 Å². The third-order valence-electron chi connectivity index (χ3n) is 4.86. The predicted octanol–water partition coefficient (Wildman–Crippen LogP) is 4.11. The zero-order valence-corrected chi connectivity index (χ0v) is 15.4. The van der Waals surface area contributed by atoms with Gasteiger partial charge in [0, 0.05) is 26.2 Å². The van der Waals surface area contributed by atoms with E-state index in [4.69, 9.17) is 0 Å². The van der Waals surface area contributed by atoms with Gasteiger partial charge in [-0.15, -0.1) is 0 Å². The van der Waals surface area contributed by atoms with Gasteiger partial charge in [0.05, 0.1) is 0 Å². The Morgan fingerprint density at radius 1 is 0.762 bits per heavy atom. The maximum absolute atomic E-state index is 2.73. The summed E-state index contributed by atoms with van der Waals surface area (Å²) in [6.07, 6.45) is 4.26. The Kier molecular flexibility index (Phi) is 5.41. The van der Waals surface area contributed by atoms with E-state index in [-0.39, 0.29) is 0 Å². The molecule has 2 saturated heterocycles. The first-order valence-corrected chi connectivity index (χ1v) is 9.05. The van der Waals surface area contributed by atoms with Crippen LogP contribution in [0.3, 0.4) is 0 Å². The van der Waals surface area contributed by atoms with Crippen molar-refractivity contribution in [3.8, 4) is 0 Å². The summed E-state index contributed by atoms with van der Waals surface area (Å²) in [5, 5.41) is 0. The quantitative estimate of drug-likeness (QED) is 0.770. The summed E-state index contributed by atoms with van der Waals surface area (Å²) < 4.78 is 0. The molecule has 2 aliphatic heterocycles. The summed E-state index contributed by atoms with van der Waals surface area (Å²) in [5.41, 5.74) is 0.963. The molecule has 0 spiro atoms. The lowest BCUT2D eigenvalue weighted by Crippen LogP contribution is -2.54. The molecule has 0 atom stereocenters. The lowest BCUT2D eigenvalue weighted by molar-refractivity contribution is 0.0311. The first-order chi connectivity index (χ1) is 9.61. The number of likely N-dealkylation sites (tertiary alicyclic amines) is 2. The van der Waals surface area contributed by atoms with Crippen molar-refractivity contribution in [3.63, 3.8) is 0 Å². The molecule has 0 amide bonds. The maximum atomic E-state index is 2.73. The fourth-order valence-corrected chi connectivity index (χ4v) is 4.20. The van der Waals surface area contributed by atoms with E-state index in [1.54, 1.807) is 0 Å². The molecule has 2 fully saturated rings. The maximum Gasteiger partial charge on any atom is 0.00345 e. The molecule has 2 rings (SSSR count). The van der Waals surface area contributed by atoms with Gasteiger partial charge >= 0.3 is 0 Å². The molecule has 0 saturated carbocycles. The fourth-order valence-electron chi connectivity index (χ4n) is 4.20. The van der Waals surface area contributed by atoms with Crippen LogP contribution < -0.4 is 0 Å². The third-order valence-corrected chi connectivity index (χ3v) is 4.86. The normalized spacial score (nSPS) is 24.3. The SMILES string of the molecule is CC(C)(C)CC1CCN(CC2CN(CC(C)(C)C)C2)CC1. The van der Waals surface area contributed by atoms with Gasteiger partial charge < -0.3 is 9.80 Å². The summed E-state index contributed by atoms with van der Waals surface area (Å²) >= 11 is 0. The number of rotatable bonds is 4. The molecule has 0 radical (unpaired) electrons. The van der Waals surface area contributed by atoms with Gasteiger partial charge in [0.2, 0.25) is 0 Å². The number of hydrogen-bond donors (Lipinski definition) is 0. The first kappa shape index (κ1) is 17.3. The minimum atomic E-state index is 0.455. The molecule has 0 bridgehead atoms. The van der Waals surface area contributed by atoms with Crippen molar-refractivity contribution in [3.05, 3.63) is 0 Å². The van der Waals surface area contributed by atoms with Gasteiger partial charge in [-0.3, -0.25) is 0 Å². The lowest BCUT2D eigenvalue weighted by Gasteiger charge is -2.45. The Bertz CT molecular complexity index is 309. The fraction of sp³-hybridized carbons (Fsp3) is 1.00. The van der Waals surface area contributed by atoms with E-state index in [1.165, 1.54) is 58.5 Å². The summed E-state index contributed by atoms with van der Waals surface area (Å²) in [6, 6.07) is 0. The van der Waals surface area contributed by atoms with Crippen molar-refractivity contribution >= 4 is 0 Å². The van der Waals surface area contributed by atoms with Crippen molar-refractivity contribution in [1.29, 1.82) is 0 Å². The molecular formula is C19H38N2. The Morgan fingerprint density at radius 3 is 1.81 bits per heavy atom. The number of hydrogen-bond acceptors (Lipinski definition) is 2. The molecule has 0 unspecified atom stereocenters. The molecule has 2 aliphatic rings. The van der Waals surface area contributed by atoms with Crippen LogP contribution in [0.5, 0.6) is 0 Å². The third kappa shape index (κ3) is 6.28. The van der Waals surface area contributed by atoms with Gasteiger partial charge in [0.1, 0.15) is 0 Å². The molecule has 0 N–H and O–H groups in total. The predicted molar refractivity (Wildman–Crippen MR) is 92.6 cm³/mol. The van der Waals surface area contributed by atoms with Crippen LogP contribution >= 0.6 is 0 Å². The van der Waals surface area contributed by atoms with Gasteiger partial charge in [-0.1, -0.05) is 41.5 Å². The topological polar surface area (TPSA) is 6.48 Å². The standard InChI is InChI=1S/C19H38N2/c1-18(2,3)11-16-7-9-20(10-8-16)12-17-13-21(14-17)15-19(4,5)6/h16-17H,7-15H2,1-6H3. The Hall–Kier alpha value is -0.0800. The van der Waals surface area contributed by atoms with Crippen LogP contribution in [0.1, 0.15) is 60.8 Å². The molecule has 2 heterocycles. The smallest absolute Gasteiger partial charge is 0.00345 e. The van der Waals surface area contributed by atoms with Gasteiger partial charge in [-0.05, 0) is 55.0 Å². The van der Waals surface area contributed by atoms with Crippen LogP contribution in [0.4, 0.5) is 0 Å². The van der Waals surface area contributed by atoms with Crippen molar-refractivity contribution in [2.75, 3.05) is 39.3 Å². The second-order valence-electron chi connectivity index (χ2n) is 10.1. The van der Waals surface area contributed by atoms with Crippen molar-refractivity contribution < 1.29 is 0 Å². The summed E-state index contributed by atoms with van der Waals surface area (Å²) in [6.45, 7) is 22.2. The molecule has 0 aromatic rings. The molecule has 0 aliphatic carbocycles. The van der Waals surface area contributed by atoms with Gasteiger partial charge in [0.15, 0.2) is 0 Å². The van der Waals surface area contributed by atoms with Crippen molar-refractivity contribution in [1.82, 2.24) is 9.80 Å². The van der Waals surface area contributed by atoms with Gasteiger partial charge in [-0.25, -0.2) is 0 Å². The average Bonchev–Trinajstić information content (AvgIpc) is 2.25. The van der Waals surface area contributed by atoms with Crippen LogP contribution in [0.25, 0.3) is 0 Å². The molecule has 21 heavy (non-hydrogen) atoms. The summed E-state index contributed by atoms with van der Waals surface area (Å²) in [5.74, 6) is 1.91. The van der Waals surface area contributed by atoms with E-state index in [0.29, 0.717) is 10.8 Å². The van der Waals surface area contributed by atoms with Crippen molar-refractivity contribution in [2.24, 2.45) is 22.7 Å². The largest absolute Gasteiger partial charge is 0.303 e. The molecule has 2 nitrogen and oxygen atoms in total. The lowest BCUT2D eigenvalue weighted by atomic mass is 9.80. The summed E-state index contributed by atoms with van der Waals surface area (Å²) in [7, 11) is 0. The zero-order chi connectivity index (χ0) is 15.7. The van der Waals surface area contributed by atoms with Crippen LogP contribution in [0.15, 0.2) is 0 Å². The minimum Gasteiger partial charge on any atom is -0.303 e. The number of piperidine rings is 1. The second kappa shape index (κ2) is 6.58. The van der Waals surface area contributed by atoms with Crippen LogP contribution in [-0.4, -0.2) is 49.1 Å². The second-order valence-corrected chi connectivity index (χ2v) is 10.1. The molecule has 0 aromatic heterocycles. The molecule has 2 heteroatoms. The highest BCUT2D eigenvalue weighted by atomic mass is 15.2. The van der Waals surface area contributed by atoms with Crippen LogP contribution in [0.2, 0.25) is 0 Å². The monoisotopic (exact) mass is 294 g/mol. The van der Waals surface area contributed by atoms with E-state index in [9.17, 15) is 0 Å². The Balaban J connectivity index is 1.60. The van der Waals surface area contributed by atoms with Gasteiger partial charge in [-0.2, -0.15) is 0 Å². The molecule has 0 aromatic carbocycles. The van der Waals surface area contributed by atoms with E-state index >= 15 is 0 Å². The zero-order valence-electron chi connectivity index (χ0n) is 15.4. The van der Waals surface area contributed by atoms with E-state index < -0.39 is 0 Å². The highest BCUT2D eigenvalue weighted by Gasteiger charge is 2.32. The molecule has 124 valence electrons. The first-order valence-electron chi connectivity index (χ1n) is 9.05. The van der Waals surface area contributed by atoms with Crippen molar-refractivity contribution in [2.45, 2.75) is 60.8 Å². The number of nitrogens with zero attached hydrogens (tertiary/aromatic N) is 2. The van der Waals surface area contributed by atoms with E-state index in [1.807, 2.05) is 0 Å². The highest BCUT2D eigenvalue weighted by molar-refractivity contribution is 4.86. The van der Waals surface area contributed by atoms with Gasteiger partial charge in [0.25, 0.3) is 0 Å². The minimum absolute atomic E-state index is 0.455. The molecular weight excluding hydrogens is 256 g/mol. The summed E-state index contributed by atoms with van der Waals surface area (Å²) in [4.78, 5) is 5.37. The average molecular weight is 295 g/mol.